The Morgan fingerprint density at radius 2 is 1.97 bits per heavy atom. The molecule has 8 heteroatoms. The van der Waals surface area contributed by atoms with Crippen molar-refractivity contribution < 1.29 is 13.9 Å². The van der Waals surface area contributed by atoms with Crippen LogP contribution in [-0.2, 0) is 6.54 Å². The monoisotopic (exact) mass is 436 g/mol. The van der Waals surface area contributed by atoms with Gasteiger partial charge in [0, 0.05) is 28.4 Å². The lowest BCUT2D eigenvalue weighted by atomic mass is 9.97. The first-order valence-corrected chi connectivity index (χ1v) is 9.99. The molecule has 1 amide bonds. The first kappa shape index (κ1) is 19.4. The number of rotatable bonds is 4. The van der Waals surface area contributed by atoms with E-state index in [9.17, 15) is 9.18 Å². The fraction of sp³-hybridized carbons (Fsp3) is 0.130. The van der Waals surface area contributed by atoms with Gasteiger partial charge in [-0.25, -0.2) is 9.37 Å². The SMILES string of the molecule is COc1ccc(CN2C(=O)c3c(c(N)cc4cncn34)C2c2cc(F)ccc2Cl)cc1. The van der Waals surface area contributed by atoms with Gasteiger partial charge in [0.25, 0.3) is 5.91 Å². The molecule has 31 heavy (non-hydrogen) atoms. The summed E-state index contributed by atoms with van der Waals surface area (Å²) in [5.74, 6) is 0.0484. The summed E-state index contributed by atoms with van der Waals surface area (Å²) in [6.07, 6.45) is 3.22. The molecular weight excluding hydrogens is 419 g/mol. The number of carbonyl (C=O) groups is 1. The molecule has 2 aromatic carbocycles. The van der Waals surface area contributed by atoms with E-state index in [-0.39, 0.29) is 12.5 Å². The predicted octanol–water partition coefficient (Wildman–Crippen LogP) is 4.46. The second-order valence-electron chi connectivity index (χ2n) is 7.40. The Morgan fingerprint density at radius 1 is 1.19 bits per heavy atom. The minimum Gasteiger partial charge on any atom is -0.497 e. The Bertz CT molecular complexity index is 1320. The molecule has 2 N–H and O–H groups in total. The summed E-state index contributed by atoms with van der Waals surface area (Å²) >= 11 is 6.47. The molecule has 0 radical (unpaired) electrons. The summed E-state index contributed by atoms with van der Waals surface area (Å²) in [4.78, 5) is 19.4. The average molecular weight is 437 g/mol. The maximum atomic E-state index is 14.2. The van der Waals surface area contributed by atoms with Gasteiger partial charge >= 0.3 is 0 Å². The molecule has 2 aromatic heterocycles. The fourth-order valence-electron chi connectivity index (χ4n) is 4.16. The van der Waals surface area contributed by atoms with Gasteiger partial charge in [-0.15, -0.1) is 0 Å². The van der Waals surface area contributed by atoms with E-state index in [1.54, 1.807) is 35.0 Å². The van der Waals surface area contributed by atoms with Crippen molar-refractivity contribution in [1.29, 1.82) is 0 Å². The molecule has 5 rings (SSSR count). The molecule has 6 nitrogen and oxygen atoms in total. The summed E-state index contributed by atoms with van der Waals surface area (Å²) in [5, 5.41) is 0.358. The van der Waals surface area contributed by atoms with Crippen LogP contribution in [0.2, 0.25) is 5.02 Å². The Balaban J connectivity index is 1.70. The van der Waals surface area contributed by atoms with E-state index in [4.69, 9.17) is 22.1 Å². The largest absolute Gasteiger partial charge is 0.497 e. The predicted molar refractivity (Wildman–Crippen MR) is 116 cm³/mol. The third-order valence-corrected chi connectivity index (χ3v) is 5.93. The van der Waals surface area contributed by atoms with E-state index in [0.717, 1.165) is 5.56 Å². The smallest absolute Gasteiger partial charge is 0.272 e. The van der Waals surface area contributed by atoms with Gasteiger partial charge in [0.1, 0.15) is 17.3 Å². The van der Waals surface area contributed by atoms with Gasteiger partial charge in [0.15, 0.2) is 0 Å². The summed E-state index contributed by atoms with van der Waals surface area (Å²) in [6, 6.07) is 12.7. The van der Waals surface area contributed by atoms with Crippen molar-refractivity contribution in [2.75, 3.05) is 12.8 Å². The van der Waals surface area contributed by atoms with Gasteiger partial charge in [0.2, 0.25) is 0 Å². The number of nitrogens with zero attached hydrogens (tertiary/aromatic N) is 3. The molecule has 0 fully saturated rings. The second-order valence-corrected chi connectivity index (χ2v) is 7.81. The molecular formula is C23H18ClFN4O2. The average Bonchev–Trinajstić information content (AvgIpc) is 3.33. The number of anilines is 1. The van der Waals surface area contributed by atoms with Crippen molar-refractivity contribution in [2.24, 2.45) is 0 Å². The molecule has 4 aromatic rings. The normalized spacial score (nSPS) is 15.5. The number of imidazole rings is 1. The minimum atomic E-state index is -0.639. The first-order valence-electron chi connectivity index (χ1n) is 9.61. The van der Waals surface area contributed by atoms with Crippen LogP contribution < -0.4 is 10.5 Å². The number of hydrogen-bond donors (Lipinski definition) is 1. The second kappa shape index (κ2) is 7.28. The zero-order chi connectivity index (χ0) is 21.7. The number of aromatic nitrogens is 2. The molecule has 1 aliphatic heterocycles. The van der Waals surface area contributed by atoms with Gasteiger partial charge < -0.3 is 15.4 Å². The van der Waals surface area contributed by atoms with Crippen LogP contribution in [0, 0.1) is 5.82 Å². The number of methoxy groups -OCH3 is 1. The molecule has 0 aliphatic carbocycles. The van der Waals surface area contributed by atoms with Crippen molar-refractivity contribution in [2.45, 2.75) is 12.6 Å². The van der Waals surface area contributed by atoms with Crippen LogP contribution in [0.4, 0.5) is 10.1 Å². The highest BCUT2D eigenvalue weighted by molar-refractivity contribution is 6.31. The molecule has 156 valence electrons. The lowest BCUT2D eigenvalue weighted by Crippen LogP contribution is -2.29. The van der Waals surface area contributed by atoms with Crippen LogP contribution in [0.15, 0.2) is 61.1 Å². The lowest BCUT2D eigenvalue weighted by molar-refractivity contribution is 0.0731. The maximum Gasteiger partial charge on any atom is 0.272 e. The topological polar surface area (TPSA) is 72.9 Å². The molecule has 1 atom stereocenters. The highest BCUT2D eigenvalue weighted by Gasteiger charge is 2.42. The van der Waals surface area contributed by atoms with E-state index in [1.807, 2.05) is 24.3 Å². The summed E-state index contributed by atoms with van der Waals surface area (Å²) in [7, 11) is 1.59. The number of carbonyl (C=O) groups excluding carboxylic acids is 1. The molecule has 0 bridgehead atoms. The standard InChI is InChI=1S/C23H18ClFN4O2/c1-31-16-5-2-13(3-6-16)11-28-21(17-8-14(25)4-7-18(17)24)20-19(26)9-15-10-27-12-29(15)22(20)23(28)30/h2-10,12,21H,11,26H2,1H3. The number of fused-ring (bicyclic) bond motifs is 3. The number of benzene rings is 2. The van der Waals surface area contributed by atoms with Crippen molar-refractivity contribution in [3.05, 3.63) is 94.3 Å². The van der Waals surface area contributed by atoms with Crippen molar-refractivity contribution in [1.82, 2.24) is 14.3 Å². The Morgan fingerprint density at radius 3 is 2.71 bits per heavy atom. The zero-order valence-corrected chi connectivity index (χ0v) is 17.3. The molecule has 0 saturated heterocycles. The fourth-order valence-corrected chi connectivity index (χ4v) is 4.38. The number of nitrogen functional groups attached to an aromatic ring is 1. The van der Waals surface area contributed by atoms with E-state index in [0.29, 0.717) is 38.8 Å². The number of ether oxygens (including phenoxy) is 1. The van der Waals surface area contributed by atoms with Crippen molar-refractivity contribution >= 4 is 28.7 Å². The number of amides is 1. The van der Waals surface area contributed by atoms with Gasteiger partial charge in [-0.3, -0.25) is 9.20 Å². The molecule has 3 heterocycles. The van der Waals surface area contributed by atoms with Crippen LogP contribution in [0.3, 0.4) is 0 Å². The Hall–Kier alpha value is -3.58. The van der Waals surface area contributed by atoms with E-state index >= 15 is 0 Å². The molecule has 0 spiro atoms. The highest BCUT2D eigenvalue weighted by atomic mass is 35.5. The van der Waals surface area contributed by atoms with E-state index < -0.39 is 11.9 Å². The Labute approximate surface area is 182 Å². The van der Waals surface area contributed by atoms with Crippen molar-refractivity contribution in [3.63, 3.8) is 0 Å². The summed E-state index contributed by atoms with van der Waals surface area (Å²) < 4.78 is 21.1. The Kier molecular flexibility index (Phi) is 4.55. The maximum absolute atomic E-state index is 14.2. The number of halogens is 2. The van der Waals surface area contributed by atoms with Gasteiger partial charge in [-0.05, 0) is 42.0 Å². The van der Waals surface area contributed by atoms with Crippen LogP contribution in [0.1, 0.15) is 33.2 Å². The zero-order valence-electron chi connectivity index (χ0n) is 16.5. The van der Waals surface area contributed by atoms with E-state index in [2.05, 4.69) is 4.98 Å². The van der Waals surface area contributed by atoms with E-state index in [1.165, 1.54) is 18.2 Å². The van der Waals surface area contributed by atoms with Crippen LogP contribution in [0.5, 0.6) is 5.75 Å². The van der Waals surface area contributed by atoms with Crippen LogP contribution in [-0.4, -0.2) is 27.3 Å². The molecule has 1 unspecified atom stereocenters. The van der Waals surface area contributed by atoms with Crippen LogP contribution in [0.25, 0.3) is 5.52 Å². The third kappa shape index (κ3) is 3.09. The van der Waals surface area contributed by atoms with Gasteiger partial charge in [-0.2, -0.15) is 0 Å². The quantitative estimate of drug-likeness (QED) is 0.512. The first-order chi connectivity index (χ1) is 15.0. The molecule has 0 saturated carbocycles. The number of hydrogen-bond acceptors (Lipinski definition) is 4. The summed E-state index contributed by atoms with van der Waals surface area (Å²) in [6.45, 7) is 0.282. The highest BCUT2D eigenvalue weighted by Crippen LogP contribution is 2.45. The molecule has 1 aliphatic rings. The van der Waals surface area contributed by atoms with Crippen LogP contribution >= 0.6 is 11.6 Å². The van der Waals surface area contributed by atoms with Gasteiger partial charge in [-0.1, -0.05) is 23.7 Å². The number of pyridine rings is 1. The lowest BCUT2D eigenvalue weighted by Gasteiger charge is -2.27. The third-order valence-electron chi connectivity index (χ3n) is 5.59. The minimum absolute atomic E-state index is 0.230. The summed E-state index contributed by atoms with van der Waals surface area (Å²) in [5.41, 5.74) is 9.90. The van der Waals surface area contributed by atoms with Crippen molar-refractivity contribution in [3.8, 4) is 5.75 Å². The number of nitrogens with two attached hydrogens (primary N) is 1. The van der Waals surface area contributed by atoms with Gasteiger partial charge in [0.05, 0.1) is 31.2 Å².